The van der Waals surface area contributed by atoms with Gasteiger partial charge in [-0.25, -0.2) is 0 Å². The van der Waals surface area contributed by atoms with E-state index in [2.05, 4.69) is 6.07 Å². The molecule has 0 N–H and O–H groups in total. The second kappa shape index (κ2) is 7.52. The molecule has 0 aromatic heterocycles. The molecule has 64 valence electrons. The summed E-state index contributed by atoms with van der Waals surface area (Å²) in [6, 6.07) is 2.21. The highest BCUT2D eigenvalue weighted by Gasteiger charge is 2.05. The number of nitrogens with zero attached hydrogens (tertiary/aromatic N) is 1. The van der Waals surface area contributed by atoms with Crippen molar-refractivity contribution in [3.63, 3.8) is 0 Å². The standard InChI is InChI=1S/C8H15NO2/c1-10-5-3-8(7-9)4-6-11-2/h8H,3-6H2,1-2H3. The van der Waals surface area contributed by atoms with Gasteiger partial charge in [-0.1, -0.05) is 0 Å². The number of methoxy groups -OCH3 is 2. The van der Waals surface area contributed by atoms with Gasteiger partial charge in [-0.05, 0) is 12.8 Å². The number of hydrogen-bond acceptors (Lipinski definition) is 3. The van der Waals surface area contributed by atoms with E-state index in [9.17, 15) is 0 Å². The molecule has 0 atom stereocenters. The lowest BCUT2D eigenvalue weighted by Crippen LogP contribution is -2.05. The largest absolute Gasteiger partial charge is 0.385 e. The lowest BCUT2D eigenvalue weighted by Gasteiger charge is -2.06. The highest BCUT2D eigenvalue weighted by Crippen LogP contribution is 2.06. The predicted molar refractivity (Wildman–Crippen MR) is 42.1 cm³/mol. The van der Waals surface area contributed by atoms with Gasteiger partial charge in [0.05, 0.1) is 12.0 Å². The molecular formula is C8H15NO2. The van der Waals surface area contributed by atoms with E-state index >= 15 is 0 Å². The molecule has 0 radical (unpaired) electrons. The molecule has 0 rings (SSSR count). The molecule has 0 heterocycles. The van der Waals surface area contributed by atoms with Crippen LogP contribution in [0.5, 0.6) is 0 Å². The molecule has 3 heteroatoms. The average Bonchev–Trinajstić information content (AvgIpc) is 2.05. The first-order chi connectivity index (χ1) is 5.35. The van der Waals surface area contributed by atoms with Gasteiger partial charge in [-0.15, -0.1) is 0 Å². The predicted octanol–water partition coefficient (Wildman–Crippen LogP) is 1.20. The van der Waals surface area contributed by atoms with E-state index in [0.717, 1.165) is 12.8 Å². The number of ether oxygens (including phenoxy) is 2. The molecule has 11 heavy (non-hydrogen) atoms. The van der Waals surface area contributed by atoms with Gasteiger partial charge in [-0.2, -0.15) is 5.26 Å². The maximum absolute atomic E-state index is 8.62. The van der Waals surface area contributed by atoms with Crippen molar-refractivity contribution in [1.82, 2.24) is 0 Å². The van der Waals surface area contributed by atoms with Gasteiger partial charge in [0.25, 0.3) is 0 Å². The topological polar surface area (TPSA) is 42.2 Å². The summed E-state index contributed by atoms with van der Waals surface area (Å²) in [6.45, 7) is 1.31. The minimum atomic E-state index is 0.0786. The molecule has 0 fully saturated rings. The van der Waals surface area contributed by atoms with Crippen molar-refractivity contribution in [1.29, 1.82) is 5.26 Å². The molecule has 0 saturated heterocycles. The third kappa shape index (κ3) is 5.84. The molecule has 0 aromatic carbocycles. The molecule has 0 aliphatic heterocycles. The van der Waals surface area contributed by atoms with E-state index < -0.39 is 0 Å². The maximum Gasteiger partial charge on any atom is 0.0657 e. The van der Waals surface area contributed by atoms with Crippen molar-refractivity contribution in [2.75, 3.05) is 27.4 Å². The van der Waals surface area contributed by atoms with Crippen LogP contribution in [0.3, 0.4) is 0 Å². The van der Waals surface area contributed by atoms with E-state index in [4.69, 9.17) is 14.7 Å². The summed E-state index contributed by atoms with van der Waals surface area (Å²) in [5.41, 5.74) is 0. The SMILES string of the molecule is COCCC(C#N)CCOC. The Labute approximate surface area is 67.9 Å². The van der Waals surface area contributed by atoms with Crippen LogP contribution in [-0.4, -0.2) is 27.4 Å². The van der Waals surface area contributed by atoms with Gasteiger partial charge in [0.1, 0.15) is 0 Å². The van der Waals surface area contributed by atoms with Crippen molar-refractivity contribution in [2.24, 2.45) is 5.92 Å². The maximum atomic E-state index is 8.62. The van der Waals surface area contributed by atoms with Crippen molar-refractivity contribution < 1.29 is 9.47 Å². The quantitative estimate of drug-likeness (QED) is 0.581. The van der Waals surface area contributed by atoms with Crippen LogP contribution in [0.2, 0.25) is 0 Å². The van der Waals surface area contributed by atoms with E-state index in [1.807, 2.05) is 0 Å². The summed E-state index contributed by atoms with van der Waals surface area (Å²) in [5, 5.41) is 8.62. The Bertz CT molecular complexity index is 112. The second-order valence-electron chi connectivity index (χ2n) is 2.39. The van der Waals surface area contributed by atoms with E-state index in [-0.39, 0.29) is 5.92 Å². The number of nitriles is 1. The summed E-state index contributed by atoms with van der Waals surface area (Å²) < 4.78 is 9.72. The second-order valence-corrected chi connectivity index (χ2v) is 2.39. The zero-order valence-corrected chi connectivity index (χ0v) is 7.17. The molecular weight excluding hydrogens is 142 g/mol. The first kappa shape index (κ1) is 10.4. The van der Waals surface area contributed by atoms with Crippen molar-refractivity contribution in [3.05, 3.63) is 0 Å². The van der Waals surface area contributed by atoms with Crippen molar-refractivity contribution >= 4 is 0 Å². The lowest BCUT2D eigenvalue weighted by molar-refractivity contribution is 0.159. The Morgan fingerprint density at radius 1 is 1.18 bits per heavy atom. The molecule has 0 amide bonds. The monoisotopic (exact) mass is 157 g/mol. The van der Waals surface area contributed by atoms with Crippen LogP contribution >= 0.6 is 0 Å². The molecule has 0 aliphatic carbocycles. The third-order valence-corrected chi connectivity index (χ3v) is 1.52. The number of rotatable bonds is 6. The van der Waals surface area contributed by atoms with Gasteiger partial charge >= 0.3 is 0 Å². The summed E-state index contributed by atoms with van der Waals surface area (Å²) in [6.07, 6.45) is 1.60. The first-order valence-electron chi connectivity index (χ1n) is 3.72. The highest BCUT2D eigenvalue weighted by atomic mass is 16.5. The van der Waals surface area contributed by atoms with Gasteiger partial charge in [0.15, 0.2) is 0 Å². The van der Waals surface area contributed by atoms with E-state index in [1.165, 1.54) is 0 Å². The summed E-state index contributed by atoms with van der Waals surface area (Å²) >= 11 is 0. The van der Waals surface area contributed by atoms with Crippen molar-refractivity contribution in [2.45, 2.75) is 12.8 Å². The van der Waals surface area contributed by atoms with Crippen LogP contribution < -0.4 is 0 Å². The fourth-order valence-corrected chi connectivity index (χ4v) is 0.794. The third-order valence-electron chi connectivity index (χ3n) is 1.52. The molecule has 0 bridgehead atoms. The van der Waals surface area contributed by atoms with Crippen molar-refractivity contribution in [3.8, 4) is 6.07 Å². The zero-order valence-electron chi connectivity index (χ0n) is 7.17. The fourth-order valence-electron chi connectivity index (χ4n) is 0.794. The van der Waals surface area contributed by atoms with E-state index in [1.54, 1.807) is 14.2 Å². The molecule has 0 saturated carbocycles. The Morgan fingerprint density at radius 3 is 1.91 bits per heavy atom. The van der Waals surface area contributed by atoms with Gasteiger partial charge in [0, 0.05) is 27.4 Å². The Balaban J connectivity index is 3.35. The van der Waals surface area contributed by atoms with Crippen LogP contribution in [0.25, 0.3) is 0 Å². The lowest BCUT2D eigenvalue weighted by atomic mass is 10.1. The molecule has 3 nitrogen and oxygen atoms in total. The van der Waals surface area contributed by atoms with Gasteiger partial charge in [-0.3, -0.25) is 0 Å². The Morgan fingerprint density at radius 2 is 1.64 bits per heavy atom. The summed E-state index contributed by atoms with van der Waals surface area (Å²) in [5.74, 6) is 0.0786. The van der Waals surface area contributed by atoms with Crippen LogP contribution in [0, 0.1) is 17.2 Å². The van der Waals surface area contributed by atoms with E-state index in [0.29, 0.717) is 13.2 Å². The Kier molecular flexibility index (Phi) is 7.11. The van der Waals surface area contributed by atoms with Crippen LogP contribution in [0.1, 0.15) is 12.8 Å². The molecule has 0 spiro atoms. The minimum absolute atomic E-state index is 0.0786. The zero-order chi connectivity index (χ0) is 8.53. The fraction of sp³-hybridized carbons (Fsp3) is 0.875. The van der Waals surface area contributed by atoms with Crippen LogP contribution in [0.4, 0.5) is 0 Å². The van der Waals surface area contributed by atoms with Gasteiger partial charge < -0.3 is 9.47 Å². The first-order valence-corrected chi connectivity index (χ1v) is 3.72. The highest BCUT2D eigenvalue weighted by molar-refractivity contribution is 4.81. The Hall–Kier alpha value is -0.590. The number of hydrogen-bond donors (Lipinski definition) is 0. The molecule has 0 aliphatic rings. The van der Waals surface area contributed by atoms with Gasteiger partial charge in [0.2, 0.25) is 0 Å². The minimum Gasteiger partial charge on any atom is -0.385 e. The average molecular weight is 157 g/mol. The van der Waals surface area contributed by atoms with Crippen LogP contribution in [0.15, 0.2) is 0 Å². The molecule has 0 aromatic rings. The summed E-state index contributed by atoms with van der Waals surface area (Å²) in [4.78, 5) is 0. The van der Waals surface area contributed by atoms with Crippen LogP contribution in [-0.2, 0) is 9.47 Å². The normalized spacial score (nSPS) is 10.0. The molecule has 0 unspecified atom stereocenters. The smallest absolute Gasteiger partial charge is 0.0657 e. The summed E-state index contributed by atoms with van der Waals surface area (Å²) in [7, 11) is 3.29.